The summed E-state index contributed by atoms with van der Waals surface area (Å²) in [6.07, 6.45) is 1.56. The van der Waals surface area contributed by atoms with E-state index in [1.807, 2.05) is 24.3 Å². The van der Waals surface area contributed by atoms with Gasteiger partial charge in [0.05, 0.1) is 17.5 Å². The van der Waals surface area contributed by atoms with E-state index in [1.165, 1.54) is 4.90 Å². The van der Waals surface area contributed by atoms with E-state index in [4.69, 9.17) is 5.73 Å². The topological polar surface area (TPSA) is 63.4 Å². The van der Waals surface area contributed by atoms with E-state index < -0.39 is 0 Å². The van der Waals surface area contributed by atoms with Crippen LogP contribution < -0.4 is 10.6 Å². The Kier molecular flexibility index (Phi) is 2.26. The Morgan fingerprint density at radius 1 is 1.12 bits per heavy atom. The first-order chi connectivity index (χ1) is 8.22. The minimum atomic E-state index is -0.0359. The van der Waals surface area contributed by atoms with Gasteiger partial charge in [0.15, 0.2) is 0 Å². The lowest BCUT2D eigenvalue weighted by Crippen LogP contribution is -2.32. The lowest BCUT2D eigenvalue weighted by molar-refractivity contribution is -0.123. The van der Waals surface area contributed by atoms with E-state index in [9.17, 15) is 9.59 Å². The van der Waals surface area contributed by atoms with E-state index in [-0.39, 0.29) is 23.7 Å². The van der Waals surface area contributed by atoms with Crippen LogP contribution in [0.15, 0.2) is 24.3 Å². The number of piperidine rings is 1. The highest BCUT2D eigenvalue weighted by Crippen LogP contribution is 2.48. The molecule has 0 radical (unpaired) electrons. The van der Waals surface area contributed by atoms with Crippen LogP contribution >= 0.6 is 0 Å². The van der Waals surface area contributed by atoms with Crippen molar-refractivity contribution in [3.05, 3.63) is 29.8 Å². The fraction of sp³-hybridized carbons (Fsp3) is 0.385. The summed E-state index contributed by atoms with van der Waals surface area (Å²) in [5.41, 5.74) is 7.28. The first kappa shape index (κ1) is 10.5. The van der Waals surface area contributed by atoms with Crippen LogP contribution in [0.1, 0.15) is 12.0 Å². The summed E-state index contributed by atoms with van der Waals surface area (Å²) in [5, 5.41) is 0. The SMILES string of the molecule is NCCc1ccc(N2C(=O)C3CC3C2=O)cc1. The van der Waals surface area contributed by atoms with E-state index in [0.717, 1.165) is 18.4 Å². The fourth-order valence-electron chi connectivity index (χ4n) is 2.41. The van der Waals surface area contributed by atoms with Crippen molar-refractivity contribution in [3.8, 4) is 0 Å². The van der Waals surface area contributed by atoms with Crippen LogP contribution in [0.3, 0.4) is 0 Å². The van der Waals surface area contributed by atoms with Crippen LogP contribution in [-0.4, -0.2) is 18.4 Å². The molecule has 1 aromatic carbocycles. The maximum Gasteiger partial charge on any atom is 0.237 e. The van der Waals surface area contributed by atoms with Crippen molar-refractivity contribution in [1.29, 1.82) is 0 Å². The number of rotatable bonds is 3. The van der Waals surface area contributed by atoms with E-state index in [2.05, 4.69) is 0 Å². The fourth-order valence-corrected chi connectivity index (χ4v) is 2.41. The highest BCUT2D eigenvalue weighted by molar-refractivity contribution is 6.24. The van der Waals surface area contributed by atoms with Crippen LogP contribution in [0.5, 0.6) is 0 Å². The third kappa shape index (κ3) is 1.56. The average Bonchev–Trinajstić information content (AvgIpc) is 3.07. The molecule has 88 valence electrons. The largest absolute Gasteiger partial charge is 0.330 e. The number of fused-ring (bicyclic) bond motifs is 1. The first-order valence-electron chi connectivity index (χ1n) is 5.89. The smallest absolute Gasteiger partial charge is 0.237 e. The zero-order valence-electron chi connectivity index (χ0n) is 9.43. The minimum Gasteiger partial charge on any atom is -0.330 e. The first-order valence-corrected chi connectivity index (χ1v) is 5.89. The Balaban J connectivity index is 1.85. The molecule has 0 bridgehead atoms. The molecule has 1 aliphatic carbocycles. The molecule has 1 aromatic rings. The van der Waals surface area contributed by atoms with E-state index in [1.54, 1.807) is 0 Å². The molecule has 4 heteroatoms. The molecule has 1 saturated carbocycles. The van der Waals surface area contributed by atoms with Gasteiger partial charge in [0.2, 0.25) is 11.8 Å². The van der Waals surface area contributed by atoms with Crippen LogP contribution in [0.25, 0.3) is 0 Å². The van der Waals surface area contributed by atoms with Crippen molar-refractivity contribution < 1.29 is 9.59 Å². The summed E-state index contributed by atoms with van der Waals surface area (Å²) in [6, 6.07) is 7.50. The number of carbonyl (C=O) groups is 2. The molecular weight excluding hydrogens is 216 g/mol. The molecule has 2 fully saturated rings. The summed E-state index contributed by atoms with van der Waals surface area (Å²) < 4.78 is 0. The number of imide groups is 1. The van der Waals surface area contributed by atoms with Crippen molar-refractivity contribution in [3.63, 3.8) is 0 Å². The normalized spacial score (nSPS) is 26.3. The third-order valence-corrected chi connectivity index (χ3v) is 3.49. The number of hydrogen-bond donors (Lipinski definition) is 1. The highest BCUT2D eigenvalue weighted by Gasteiger charge is 2.59. The summed E-state index contributed by atoms with van der Waals surface area (Å²) in [4.78, 5) is 25.0. The predicted octanol–water partition coefficient (Wildman–Crippen LogP) is 0.697. The third-order valence-electron chi connectivity index (χ3n) is 3.49. The number of amides is 2. The molecule has 2 N–H and O–H groups in total. The van der Waals surface area contributed by atoms with Gasteiger partial charge in [-0.1, -0.05) is 12.1 Å². The van der Waals surface area contributed by atoms with Crippen LogP contribution in [0.4, 0.5) is 5.69 Å². The summed E-state index contributed by atoms with van der Waals surface area (Å²) in [6.45, 7) is 0.602. The standard InChI is InChI=1S/C13H14N2O2/c14-6-5-8-1-3-9(4-2-8)15-12(16)10-7-11(10)13(15)17/h1-4,10-11H,5-7,14H2. The van der Waals surface area contributed by atoms with Crippen molar-refractivity contribution in [2.24, 2.45) is 17.6 Å². The second-order valence-corrected chi connectivity index (χ2v) is 4.67. The number of nitrogens with two attached hydrogens (primary N) is 1. The molecule has 4 nitrogen and oxygen atoms in total. The van der Waals surface area contributed by atoms with Crippen molar-refractivity contribution in [1.82, 2.24) is 0 Å². The zero-order valence-corrected chi connectivity index (χ0v) is 9.43. The Hall–Kier alpha value is -1.68. The summed E-state index contributed by atoms with van der Waals surface area (Å²) in [7, 11) is 0. The summed E-state index contributed by atoms with van der Waals surface area (Å²) >= 11 is 0. The van der Waals surface area contributed by atoms with Gasteiger partial charge in [-0.25, -0.2) is 0 Å². The average molecular weight is 230 g/mol. The zero-order chi connectivity index (χ0) is 12.0. The lowest BCUT2D eigenvalue weighted by atomic mass is 10.1. The second-order valence-electron chi connectivity index (χ2n) is 4.67. The molecule has 2 aliphatic rings. The van der Waals surface area contributed by atoms with Gasteiger partial charge in [0.25, 0.3) is 0 Å². The van der Waals surface area contributed by atoms with Gasteiger partial charge < -0.3 is 5.73 Å². The van der Waals surface area contributed by atoms with Gasteiger partial charge in [-0.05, 0) is 37.1 Å². The van der Waals surface area contributed by atoms with Gasteiger partial charge in [0.1, 0.15) is 0 Å². The monoisotopic (exact) mass is 230 g/mol. The maximum atomic E-state index is 11.9. The van der Waals surface area contributed by atoms with E-state index >= 15 is 0 Å². The molecule has 1 heterocycles. The Morgan fingerprint density at radius 3 is 2.24 bits per heavy atom. The number of benzene rings is 1. The van der Waals surface area contributed by atoms with Crippen LogP contribution in [0.2, 0.25) is 0 Å². The van der Waals surface area contributed by atoms with Crippen LogP contribution in [0, 0.1) is 11.8 Å². The van der Waals surface area contributed by atoms with Gasteiger partial charge in [-0.2, -0.15) is 0 Å². The maximum absolute atomic E-state index is 11.9. The van der Waals surface area contributed by atoms with Crippen LogP contribution in [-0.2, 0) is 16.0 Å². The predicted molar refractivity (Wildman–Crippen MR) is 63.3 cm³/mol. The Labute approximate surface area is 99.4 Å². The van der Waals surface area contributed by atoms with Gasteiger partial charge >= 0.3 is 0 Å². The number of carbonyl (C=O) groups excluding carboxylic acids is 2. The molecule has 0 spiro atoms. The molecular formula is C13H14N2O2. The van der Waals surface area contributed by atoms with Gasteiger partial charge in [-0.15, -0.1) is 0 Å². The van der Waals surface area contributed by atoms with Gasteiger partial charge in [0, 0.05) is 0 Å². The quantitative estimate of drug-likeness (QED) is 0.777. The lowest BCUT2D eigenvalue weighted by Gasteiger charge is -2.16. The molecule has 2 atom stereocenters. The summed E-state index contributed by atoms with van der Waals surface area (Å²) in [5.74, 6) is -0.143. The highest BCUT2D eigenvalue weighted by atomic mass is 16.2. The Morgan fingerprint density at radius 2 is 1.71 bits per heavy atom. The van der Waals surface area contributed by atoms with Crippen molar-refractivity contribution >= 4 is 17.5 Å². The van der Waals surface area contributed by atoms with Gasteiger partial charge in [-0.3, -0.25) is 14.5 Å². The molecule has 2 unspecified atom stereocenters. The molecule has 3 rings (SSSR count). The Bertz CT molecular complexity index is 461. The molecule has 2 amide bonds. The molecule has 0 aromatic heterocycles. The van der Waals surface area contributed by atoms with Crippen molar-refractivity contribution in [2.75, 3.05) is 11.4 Å². The molecule has 17 heavy (non-hydrogen) atoms. The van der Waals surface area contributed by atoms with E-state index in [0.29, 0.717) is 12.2 Å². The second kappa shape index (κ2) is 3.67. The number of nitrogens with zero attached hydrogens (tertiary/aromatic N) is 1. The molecule has 1 saturated heterocycles. The molecule has 1 aliphatic heterocycles. The number of hydrogen-bond acceptors (Lipinski definition) is 3. The minimum absolute atomic E-state index is 0.0356. The number of anilines is 1. The van der Waals surface area contributed by atoms with Crippen molar-refractivity contribution in [2.45, 2.75) is 12.8 Å².